The number of rotatable bonds is 2. The summed E-state index contributed by atoms with van der Waals surface area (Å²) < 4.78 is 0. The van der Waals surface area contributed by atoms with E-state index in [1.807, 2.05) is 6.07 Å². The number of aromatic nitrogens is 1. The Morgan fingerprint density at radius 3 is 2.72 bits per heavy atom. The Morgan fingerprint density at radius 2 is 1.94 bits per heavy atom. The molecular formula is C15H14ClNO. The second kappa shape index (κ2) is 4.71. The number of fused-ring (bicyclic) bond motifs is 1. The zero-order valence-electron chi connectivity index (χ0n) is 9.94. The molecule has 1 unspecified atom stereocenters. The number of aliphatic hydroxyl groups is 1. The molecule has 1 aliphatic carbocycles. The van der Waals surface area contributed by atoms with Crippen molar-refractivity contribution in [2.75, 3.05) is 0 Å². The van der Waals surface area contributed by atoms with Gasteiger partial charge in [-0.2, -0.15) is 0 Å². The smallest absolute Gasteiger partial charge is 0.121 e. The molecule has 1 N–H and O–H groups in total. The van der Waals surface area contributed by atoms with Crippen LogP contribution in [0.5, 0.6) is 0 Å². The van der Waals surface area contributed by atoms with E-state index in [1.165, 1.54) is 17.5 Å². The van der Waals surface area contributed by atoms with E-state index in [9.17, 15) is 5.11 Å². The quantitative estimate of drug-likeness (QED) is 0.898. The van der Waals surface area contributed by atoms with Crippen LogP contribution in [-0.2, 0) is 12.8 Å². The van der Waals surface area contributed by atoms with Crippen molar-refractivity contribution in [1.29, 1.82) is 0 Å². The van der Waals surface area contributed by atoms with Gasteiger partial charge in [-0.05, 0) is 48.1 Å². The van der Waals surface area contributed by atoms with Crippen molar-refractivity contribution >= 4 is 11.6 Å². The van der Waals surface area contributed by atoms with E-state index >= 15 is 0 Å². The van der Waals surface area contributed by atoms with Crippen LogP contribution in [0.1, 0.15) is 34.9 Å². The third-order valence-corrected chi connectivity index (χ3v) is 3.69. The van der Waals surface area contributed by atoms with Gasteiger partial charge in [-0.25, -0.2) is 0 Å². The average Bonchev–Trinajstić information content (AvgIpc) is 2.86. The SMILES string of the molecule is OC(c1ccc2c(c1)CCC2)c1ccc(Cl)cn1. The fourth-order valence-corrected chi connectivity index (χ4v) is 2.59. The molecule has 0 saturated carbocycles. The normalized spacial score (nSPS) is 15.4. The van der Waals surface area contributed by atoms with Gasteiger partial charge in [0.05, 0.1) is 10.7 Å². The van der Waals surface area contributed by atoms with Crippen molar-refractivity contribution in [2.45, 2.75) is 25.4 Å². The lowest BCUT2D eigenvalue weighted by atomic mass is 10.0. The van der Waals surface area contributed by atoms with E-state index in [-0.39, 0.29) is 0 Å². The molecule has 2 nitrogen and oxygen atoms in total. The maximum absolute atomic E-state index is 10.3. The van der Waals surface area contributed by atoms with Gasteiger partial charge in [0.1, 0.15) is 6.10 Å². The monoisotopic (exact) mass is 259 g/mol. The Labute approximate surface area is 111 Å². The molecule has 18 heavy (non-hydrogen) atoms. The molecule has 1 atom stereocenters. The standard InChI is InChI=1S/C15H14ClNO/c16-13-6-7-14(17-9-13)15(18)12-5-4-10-2-1-3-11(10)8-12/h4-9,15,18H,1-3H2. The zero-order valence-corrected chi connectivity index (χ0v) is 10.7. The van der Waals surface area contributed by atoms with Crippen LogP contribution in [0.25, 0.3) is 0 Å². The summed E-state index contributed by atoms with van der Waals surface area (Å²) >= 11 is 5.79. The first-order valence-corrected chi connectivity index (χ1v) is 6.53. The highest BCUT2D eigenvalue weighted by atomic mass is 35.5. The molecule has 1 aromatic heterocycles. The number of halogens is 1. The van der Waals surface area contributed by atoms with Crippen LogP contribution in [0.4, 0.5) is 0 Å². The average molecular weight is 260 g/mol. The zero-order chi connectivity index (χ0) is 12.5. The Hall–Kier alpha value is -1.38. The molecule has 0 radical (unpaired) electrons. The van der Waals surface area contributed by atoms with Crippen LogP contribution >= 0.6 is 11.6 Å². The Kier molecular flexibility index (Phi) is 3.06. The molecule has 0 saturated heterocycles. The van der Waals surface area contributed by atoms with Crippen molar-refractivity contribution in [3.05, 3.63) is 63.9 Å². The summed E-state index contributed by atoms with van der Waals surface area (Å²) in [5, 5.41) is 10.9. The van der Waals surface area contributed by atoms with E-state index in [0.717, 1.165) is 18.4 Å². The minimum absolute atomic E-state index is 0.583. The van der Waals surface area contributed by atoms with Crippen molar-refractivity contribution in [3.8, 4) is 0 Å². The second-order valence-electron chi connectivity index (χ2n) is 4.69. The maximum atomic E-state index is 10.3. The summed E-state index contributed by atoms with van der Waals surface area (Å²) in [6.45, 7) is 0. The molecule has 1 heterocycles. The van der Waals surface area contributed by atoms with Crippen LogP contribution in [-0.4, -0.2) is 10.1 Å². The van der Waals surface area contributed by atoms with Crippen molar-refractivity contribution in [1.82, 2.24) is 4.98 Å². The Morgan fingerprint density at radius 1 is 1.11 bits per heavy atom. The van der Waals surface area contributed by atoms with Gasteiger partial charge in [-0.3, -0.25) is 4.98 Å². The summed E-state index contributed by atoms with van der Waals surface area (Å²) in [5.74, 6) is 0. The van der Waals surface area contributed by atoms with Crippen molar-refractivity contribution in [2.24, 2.45) is 0 Å². The molecule has 1 aromatic carbocycles. The Bertz CT molecular complexity index is 565. The van der Waals surface area contributed by atoms with Gasteiger partial charge in [-0.1, -0.05) is 29.8 Å². The number of aliphatic hydroxyl groups excluding tert-OH is 1. The van der Waals surface area contributed by atoms with Crippen LogP contribution in [0.3, 0.4) is 0 Å². The second-order valence-corrected chi connectivity index (χ2v) is 5.12. The molecule has 92 valence electrons. The molecule has 3 heteroatoms. The summed E-state index contributed by atoms with van der Waals surface area (Å²) in [6, 6.07) is 9.73. The molecule has 0 amide bonds. The third-order valence-electron chi connectivity index (χ3n) is 3.47. The van der Waals surface area contributed by atoms with E-state index in [1.54, 1.807) is 18.3 Å². The summed E-state index contributed by atoms with van der Waals surface area (Å²) in [4.78, 5) is 4.17. The molecular weight excluding hydrogens is 246 g/mol. The predicted octanol–water partition coefficient (Wildman–Crippen LogP) is 3.31. The number of benzene rings is 1. The minimum atomic E-state index is -0.673. The largest absolute Gasteiger partial charge is 0.382 e. The highest BCUT2D eigenvalue weighted by molar-refractivity contribution is 6.30. The highest BCUT2D eigenvalue weighted by Crippen LogP contribution is 2.27. The first kappa shape index (κ1) is 11.7. The molecule has 0 fully saturated rings. The molecule has 0 bridgehead atoms. The van der Waals surface area contributed by atoms with Crippen LogP contribution in [0.15, 0.2) is 36.5 Å². The van der Waals surface area contributed by atoms with Gasteiger partial charge in [0.15, 0.2) is 0 Å². The van der Waals surface area contributed by atoms with Gasteiger partial charge in [0.2, 0.25) is 0 Å². The lowest BCUT2D eigenvalue weighted by Crippen LogP contribution is -2.02. The lowest BCUT2D eigenvalue weighted by Gasteiger charge is -2.12. The number of hydrogen-bond acceptors (Lipinski definition) is 2. The fraction of sp³-hybridized carbons (Fsp3) is 0.267. The van der Waals surface area contributed by atoms with Gasteiger partial charge >= 0.3 is 0 Å². The number of hydrogen-bond donors (Lipinski definition) is 1. The summed E-state index contributed by atoms with van der Waals surface area (Å²) in [7, 11) is 0. The lowest BCUT2D eigenvalue weighted by molar-refractivity contribution is 0.215. The predicted molar refractivity (Wildman–Crippen MR) is 71.8 cm³/mol. The van der Waals surface area contributed by atoms with E-state index < -0.39 is 6.10 Å². The van der Waals surface area contributed by atoms with Gasteiger partial charge in [0.25, 0.3) is 0 Å². The molecule has 0 spiro atoms. The third kappa shape index (κ3) is 2.14. The van der Waals surface area contributed by atoms with Crippen LogP contribution in [0.2, 0.25) is 5.02 Å². The van der Waals surface area contributed by atoms with Crippen LogP contribution < -0.4 is 0 Å². The van der Waals surface area contributed by atoms with Gasteiger partial charge in [-0.15, -0.1) is 0 Å². The molecule has 2 aromatic rings. The number of pyridine rings is 1. The number of aryl methyl sites for hydroxylation is 2. The molecule has 0 aliphatic heterocycles. The first-order chi connectivity index (χ1) is 8.74. The Balaban J connectivity index is 1.92. The molecule has 1 aliphatic rings. The number of nitrogens with zero attached hydrogens (tertiary/aromatic N) is 1. The van der Waals surface area contributed by atoms with Crippen molar-refractivity contribution < 1.29 is 5.11 Å². The summed E-state index contributed by atoms with van der Waals surface area (Å²) in [5.41, 5.74) is 4.32. The minimum Gasteiger partial charge on any atom is -0.382 e. The van der Waals surface area contributed by atoms with E-state index in [4.69, 9.17) is 11.6 Å². The fourth-order valence-electron chi connectivity index (χ4n) is 2.48. The van der Waals surface area contributed by atoms with E-state index in [0.29, 0.717) is 10.7 Å². The molecule has 3 rings (SSSR count). The van der Waals surface area contributed by atoms with Gasteiger partial charge in [0, 0.05) is 6.20 Å². The highest BCUT2D eigenvalue weighted by Gasteiger charge is 2.16. The van der Waals surface area contributed by atoms with E-state index in [2.05, 4.69) is 17.1 Å². The van der Waals surface area contributed by atoms with Crippen molar-refractivity contribution in [3.63, 3.8) is 0 Å². The van der Waals surface area contributed by atoms with Gasteiger partial charge < -0.3 is 5.11 Å². The topological polar surface area (TPSA) is 33.1 Å². The first-order valence-electron chi connectivity index (χ1n) is 6.15. The maximum Gasteiger partial charge on any atom is 0.121 e. The van der Waals surface area contributed by atoms with Crippen LogP contribution in [0, 0.1) is 0 Å². The summed E-state index contributed by atoms with van der Waals surface area (Å²) in [6.07, 6.45) is 4.38.